The average Bonchev–Trinajstić information content (AvgIpc) is 2.12. The van der Waals surface area contributed by atoms with Crippen molar-refractivity contribution in [3.63, 3.8) is 0 Å². The first-order valence-corrected chi connectivity index (χ1v) is 3.58. The topological polar surface area (TPSA) is 24.4 Å². The van der Waals surface area contributed by atoms with Crippen LogP contribution in [-0.2, 0) is 0 Å². The van der Waals surface area contributed by atoms with Crippen molar-refractivity contribution in [1.82, 2.24) is 5.32 Å². The van der Waals surface area contributed by atoms with Gasteiger partial charge in [-0.05, 0) is 5.92 Å². The first kappa shape index (κ1) is 5.95. The summed E-state index contributed by atoms with van der Waals surface area (Å²) in [4.78, 5) is 0. The third-order valence-corrected chi connectivity index (χ3v) is 2.21. The molecule has 2 nitrogen and oxygen atoms in total. The van der Waals surface area contributed by atoms with Crippen LogP contribution in [-0.4, -0.2) is 11.7 Å². The molecule has 0 saturated heterocycles. The zero-order chi connectivity index (χ0) is 5.98. The molecule has 1 atom stereocenters. The maximum absolute atomic E-state index is 3.97. The summed E-state index contributed by atoms with van der Waals surface area (Å²) in [5.74, 6) is 0.669. The first-order valence-electron chi connectivity index (χ1n) is 2.74. The highest BCUT2D eigenvalue weighted by Crippen LogP contribution is 2.19. The largest absolute Gasteiger partial charge is 0.362 e. The minimum Gasteiger partial charge on any atom is -0.362 e. The Morgan fingerprint density at radius 3 is 2.75 bits per heavy atom. The third kappa shape index (κ3) is 1.15. The molecule has 0 aromatic rings. The zero-order valence-corrected chi connectivity index (χ0v) is 5.90. The molecule has 0 spiro atoms. The number of hydrogen-bond donors (Lipinski definition) is 1. The van der Waals surface area contributed by atoms with Gasteiger partial charge in [-0.2, -0.15) is 0 Å². The van der Waals surface area contributed by atoms with Crippen LogP contribution in [0.4, 0.5) is 0 Å². The standard InChI is InChI=1S/C5H10N2S/c1-4(2)5-6-3-7-8-5/h3-5H,1-2H3,(H,6,7). The minimum absolute atomic E-state index is 0.509. The Labute approximate surface area is 53.9 Å². The molecule has 0 saturated carbocycles. The van der Waals surface area contributed by atoms with Gasteiger partial charge < -0.3 is 5.32 Å². The highest BCUT2D eigenvalue weighted by atomic mass is 32.2. The van der Waals surface area contributed by atoms with Crippen molar-refractivity contribution >= 4 is 18.3 Å². The van der Waals surface area contributed by atoms with E-state index in [2.05, 4.69) is 23.6 Å². The van der Waals surface area contributed by atoms with Crippen LogP contribution in [0.3, 0.4) is 0 Å². The molecule has 0 aliphatic carbocycles. The summed E-state index contributed by atoms with van der Waals surface area (Å²) in [6.45, 7) is 4.36. The van der Waals surface area contributed by atoms with E-state index in [0.29, 0.717) is 11.3 Å². The molecular formula is C5H10N2S. The lowest BCUT2D eigenvalue weighted by Crippen LogP contribution is -2.24. The molecule has 46 valence electrons. The highest BCUT2D eigenvalue weighted by Gasteiger charge is 2.14. The first-order chi connectivity index (χ1) is 3.80. The second kappa shape index (κ2) is 2.40. The van der Waals surface area contributed by atoms with Gasteiger partial charge in [0.15, 0.2) is 0 Å². The summed E-state index contributed by atoms with van der Waals surface area (Å²) in [5.41, 5.74) is 0. The van der Waals surface area contributed by atoms with Crippen molar-refractivity contribution in [1.29, 1.82) is 0 Å². The summed E-state index contributed by atoms with van der Waals surface area (Å²) in [6, 6.07) is 0. The third-order valence-electron chi connectivity index (χ3n) is 1.07. The monoisotopic (exact) mass is 130 g/mol. The summed E-state index contributed by atoms with van der Waals surface area (Å²) >= 11 is 1.61. The van der Waals surface area contributed by atoms with Crippen molar-refractivity contribution in [2.75, 3.05) is 0 Å². The minimum atomic E-state index is 0.509. The number of nitrogens with one attached hydrogen (secondary N) is 1. The number of rotatable bonds is 1. The number of nitrogens with zero attached hydrogens (tertiary/aromatic N) is 1. The molecule has 0 aromatic carbocycles. The van der Waals surface area contributed by atoms with E-state index in [-0.39, 0.29) is 0 Å². The van der Waals surface area contributed by atoms with E-state index in [9.17, 15) is 0 Å². The molecule has 1 unspecified atom stereocenters. The maximum Gasteiger partial charge on any atom is 0.0973 e. The normalized spacial score (nSPS) is 26.6. The molecular weight excluding hydrogens is 120 g/mol. The zero-order valence-electron chi connectivity index (χ0n) is 5.09. The Hall–Kier alpha value is -0.180. The average molecular weight is 130 g/mol. The Bertz CT molecular complexity index is 92.6. The molecule has 0 radical (unpaired) electrons. The predicted octanol–water partition coefficient (Wildman–Crippen LogP) is 1.25. The second-order valence-corrected chi connectivity index (χ2v) is 3.10. The van der Waals surface area contributed by atoms with Crippen LogP contribution in [0.2, 0.25) is 0 Å². The van der Waals surface area contributed by atoms with Gasteiger partial charge in [0.25, 0.3) is 0 Å². The fourth-order valence-electron chi connectivity index (χ4n) is 0.544. The van der Waals surface area contributed by atoms with E-state index >= 15 is 0 Å². The van der Waals surface area contributed by atoms with Crippen molar-refractivity contribution in [2.45, 2.75) is 19.2 Å². The van der Waals surface area contributed by atoms with E-state index in [1.54, 1.807) is 18.3 Å². The van der Waals surface area contributed by atoms with Crippen LogP contribution in [0.1, 0.15) is 13.8 Å². The van der Waals surface area contributed by atoms with Crippen molar-refractivity contribution in [3.8, 4) is 0 Å². The second-order valence-electron chi connectivity index (χ2n) is 2.17. The summed E-state index contributed by atoms with van der Waals surface area (Å²) in [7, 11) is 0. The van der Waals surface area contributed by atoms with Gasteiger partial charge in [-0.3, -0.25) is 0 Å². The molecule has 1 N–H and O–H groups in total. The van der Waals surface area contributed by atoms with Crippen LogP contribution < -0.4 is 5.32 Å². The Balaban J connectivity index is 2.29. The van der Waals surface area contributed by atoms with Gasteiger partial charge in [0, 0.05) is 11.9 Å². The molecule has 0 bridgehead atoms. The van der Waals surface area contributed by atoms with Gasteiger partial charge in [0.2, 0.25) is 0 Å². The fourth-order valence-corrected chi connectivity index (χ4v) is 1.16. The Morgan fingerprint density at radius 1 is 1.75 bits per heavy atom. The van der Waals surface area contributed by atoms with Crippen molar-refractivity contribution < 1.29 is 0 Å². The van der Waals surface area contributed by atoms with Crippen LogP contribution in [0.15, 0.2) is 4.40 Å². The van der Waals surface area contributed by atoms with E-state index in [1.165, 1.54) is 0 Å². The molecule has 8 heavy (non-hydrogen) atoms. The van der Waals surface area contributed by atoms with Gasteiger partial charge in [-0.1, -0.05) is 13.8 Å². The summed E-state index contributed by atoms with van der Waals surface area (Å²) in [5, 5.41) is 3.64. The van der Waals surface area contributed by atoms with Crippen LogP contribution >= 0.6 is 11.9 Å². The lowest BCUT2D eigenvalue weighted by atomic mass is 10.2. The number of hydrogen-bond acceptors (Lipinski definition) is 3. The Morgan fingerprint density at radius 2 is 2.50 bits per heavy atom. The molecule has 0 aromatic heterocycles. The fraction of sp³-hybridized carbons (Fsp3) is 0.800. The SMILES string of the molecule is CC(C)C1NC=NS1. The molecule has 1 rings (SSSR count). The molecule has 1 aliphatic heterocycles. The van der Waals surface area contributed by atoms with Crippen LogP contribution in [0.25, 0.3) is 0 Å². The lowest BCUT2D eigenvalue weighted by molar-refractivity contribution is 0.593. The molecule has 3 heteroatoms. The van der Waals surface area contributed by atoms with Crippen molar-refractivity contribution in [2.24, 2.45) is 10.3 Å². The van der Waals surface area contributed by atoms with Gasteiger partial charge in [-0.25, -0.2) is 4.40 Å². The highest BCUT2D eigenvalue weighted by molar-refractivity contribution is 7.99. The molecule has 0 fully saturated rings. The van der Waals surface area contributed by atoms with E-state index in [0.717, 1.165) is 0 Å². The predicted molar refractivity (Wildman–Crippen MR) is 37.8 cm³/mol. The van der Waals surface area contributed by atoms with Crippen LogP contribution in [0, 0.1) is 5.92 Å². The Kier molecular flexibility index (Phi) is 1.78. The maximum atomic E-state index is 3.97. The summed E-state index contributed by atoms with van der Waals surface area (Å²) < 4.78 is 3.97. The molecule has 1 heterocycles. The quantitative estimate of drug-likeness (QED) is 0.540. The van der Waals surface area contributed by atoms with E-state index in [1.807, 2.05) is 0 Å². The van der Waals surface area contributed by atoms with Crippen LogP contribution in [0.5, 0.6) is 0 Å². The van der Waals surface area contributed by atoms with Gasteiger partial charge in [-0.15, -0.1) is 0 Å². The smallest absolute Gasteiger partial charge is 0.0973 e. The molecule has 1 aliphatic rings. The van der Waals surface area contributed by atoms with Crippen molar-refractivity contribution in [3.05, 3.63) is 0 Å². The lowest BCUT2D eigenvalue weighted by Gasteiger charge is -2.10. The van der Waals surface area contributed by atoms with Gasteiger partial charge in [0.1, 0.15) is 0 Å². The van der Waals surface area contributed by atoms with Gasteiger partial charge >= 0.3 is 0 Å². The van der Waals surface area contributed by atoms with E-state index < -0.39 is 0 Å². The molecule has 0 amide bonds. The summed E-state index contributed by atoms with van der Waals surface area (Å²) in [6.07, 6.45) is 1.76. The van der Waals surface area contributed by atoms with E-state index in [4.69, 9.17) is 0 Å². The van der Waals surface area contributed by atoms with Gasteiger partial charge in [0.05, 0.1) is 11.7 Å².